The van der Waals surface area contributed by atoms with Crippen LogP contribution < -0.4 is 5.32 Å². The van der Waals surface area contributed by atoms with Crippen molar-refractivity contribution in [2.24, 2.45) is 0 Å². The van der Waals surface area contributed by atoms with Crippen molar-refractivity contribution in [2.75, 3.05) is 6.54 Å². The second-order valence-corrected chi connectivity index (χ2v) is 5.55. The van der Waals surface area contributed by atoms with Crippen LogP contribution in [0.2, 0.25) is 0 Å². The van der Waals surface area contributed by atoms with E-state index in [0.717, 1.165) is 18.5 Å². The third-order valence-corrected chi connectivity index (χ3v) is 3.91. The zero-order valence-corrected chi connectivity index (χ0v) is 11.7. The van der Waals surface area contributed by atoms with Gasteiger partial charge in [0.2, 0.25) is 0 Å². The van der Waals surface area contributed by atoms with Crippen LogP contribution in [-0.2, 0) is 0 Å². The topological polar surface area (TPSA) is 29.9 Å². The van der Waals surface area contributed by atoms with E-state index in [1.807, 2.05) is 0 Å². The monoisotopic (exact) mass is 235 g/mol. The molecule has 1 N–H and O–H groups in total. The SMILES string of the molecule is CCNC1CC(c2c(C)nn(C(C)C)c2C)C1. The number of aryl methyl sites for hydroxylation is 1. The summed E-state index contributed by atoms with van der Waals surface area (Å²) in [6, 6.07) is 1.19. The van der Waals surface area contributed by atoms with Gasteiger partial charge in [-0.1, -0.05) is 6.92 Å². The first-order chi connectivity index (χ1) is 8.04. The molecule has 0 aromatic carbocycles. The molecule has 1 aromatic heterocycles. The fourth-order valence-electron chi connectivity index (χ4n) is 3.08. The number of rotatable bonds is 4. The van der Waals surface area contributed by atoms with E-state index in [1.54, 1.807) is 0 Å². The van der Waals surface area contributed by atoms with Crippen molar-refractivity contribution in [3.63, 3.8) is 0 Å². The van der Waals surface area contributed by atoms with Crippen LogP contribution in [0.4, 0.5) is 0 Å². The lowest BCUT2D eigenvalue weighted by Gasteiger charge is -2.36. The Kier molecular flexibility index (Phi) is 3.57. The van der Waals surface area contributed by atoms with Gasteiger partial charge >= 0.3 is 0 Å². The van der Waals surface area contributed by atoms with Gasteiger partial charge in [0.05, 0.1) is 5.69 Å². The zero-order chi connectivity index (χ0) is 12.6. The highest BCUT2D eigenvalue weighted by Gasteiger charge is 2.33. The summed E-state index contributed by atoms with van der Waals surface area (Å²) in [5.74, 6) is 0.728. The van der Waals surface area contributed by atoms with Gasteiger partial charge in [0, 0.05) is 17.8 Å². The van der Waals surface area contributed by atoms with Crippen LogP contribution in [0.5, 0.6) is 0 Å². The van der Waals surface area contributed by atoms with E-state index >= 15 is 0 Å². The minimum absolute atomic E-state index is 0.465. The molecule has 3 heteroatoms. The summed E-state index contributed by atoms with van der Waals surface area (Å²) in [5.41, 5.74) is 4.11. The van der Waals surface area contributed by atoms with Crippen molar-refractivity contribution in [1.29, 1.82) is 0 Å². The lowest BCUT2D eigenvalue weighted by Crippen LogP contribution is -2.40. The third kappa shape index (κ3) is 2.25. The van der Waals surface area contributed by atoms with E-state index in [1.165, 1.54) is 29.8 Å². The molecule has 1 aromatic rings. The lowest BCUT2D eigenvalue weighted by molar-refractivity contribution is 0.294. The molecular weight excluding hydrogens is 210 g/mol. The molecule has 1 heterocycles. The predicted molar refractivity (Wildman–Crippen MR) is 71.5 cm³/mol. The Bertz CT molecular complexity index is 386. The molecule has 0 unspecified atom stereocenters. The van der Waals surface area contributed by atoms with Crippen molar-refractivity contribution in [1.82, 2.24) is 15.1 Å². The van der Waals surface area contributed by atoms with E-state index in [-0.39, 0.29) is 0 Å². The van der Waals surface area contributed by atoms with Gasteiger partial charge in [-0.05, 0) is 58.6 Å². The summed E-state index contributed by atoms with van der Waals surface area (Å²) in [5, 5.41) is 8.20. The highest BCUT2D eigenvalue weighted by Crippen LogP contribution is 2.40. The molecule has 1 aliphatic rings. The molecule has 0 bridgehead atoms. The van der Waals surface area contributed by atoms with Gasteiger partial charge in [0.15, 0.2) is 0 Å². The summed E-state index contributed by atoms with van der Waals surface area (Å²) in [6.45, 7) is 12.0. The Morgan fingerprint density at radius 1 is 1.35 bits per heavy atom. The lowest BCUT2D eigenvalue weighted by atomic mass is 9.75. The van der Waals surface area contributed by atoms with Gasteiger partial charge in [-0.3, -0.25) is 4.68 Å². The molecule has 1 fully saturated rings. The largest absolute Gasteiger partial charge is 0.314 e. The molecule has 0 spiro atoms. The van der Waals surface area contributed by atoms with Gasteiger partial charge in [-0.25, -0.2) is 0 Å². The minimum Gasteiger partial charge on any atom is -0.314 e. The van der Waals surface area contributed by atoms with Crippen molar-refractivity contribution < 1.29 is 0 Å². The summed E-state index contributed by atoms with van der Waals surface area (Å²) < 4.78 is 2.17. The van der Waals surface area contributed by atoms with Gasteiger partial charge in [-0.15, -0.1) is 0 Å². The number of hydrogen-bond donors (Lipinski definition) is 1. The predicted octanol–water partition coefficient (Wildman–Crippen LogP) is 2.94. The molecule has 0 saturated heterocycles. The van der Waals surface area contributed by atoms with Gasteiger partial charge < -0.3 is 5.32 Å². The average molecular weight is 235 g/mol. The van der Waals surface area contributed by atoms with Gasteiger partial charge in [-0.2, -0.15) is 5.10 Å². The van der Waals surface area contributed by atoms with E-state index < -0.39 is 0 Å². The molecule has 0 radical (unpaired) electrons. The first kappa shape index (κ1) is 12.6. The van der Waals surface area contributed by atoms with Crippen LogP contribution in [0, 0.1) is 13.8 Å². The van der Waals surface area contributed by atoms with Gasteiger partial charge in [0.1, 0.15) is 0 Å². The molecule has 2 rings (SSSR count). The normalized spacial score (nSPS) is 24.1. The number of nitrogens with zero attached hydrogens (tertiary/aromatic N) is 2. The molecular formula is C14H25N3. The number of nitrogens with one attached hydrogen (secondary N) is 1. The first-order valence-electron chi connectivity index (χ1n) is 6.83. The van der Waals surface area contributed by atoms with Crippen LogP contribution in [-0.4, -0.2) is 22.4 Å². The number of aromatic nitrogens is 2. The highest BCUT2D eigenvalue weighted by atomic mass is 15.3. The molecule has 0 amide bonds. The molecule has 1 aliphatic carbocycles. The summed E-state index contributed by atoms with van der Waals surface area (Å²) in [4.78, 5) is 0. The van der Waals surface area contributed by atoms with Crippen LogP contribution in [0.25, 0.3) is 0 Å². The molecule has 17 heavy (non-hydrogen) atoms. The smallest absolute Gasteiger partial charge is 0.0631 e. The maximum Gasteiger partial charge on any atom is 0.0631 e. The minimum atomic E-state index is 0.465. The summed E-state index contributed by atoms with van der Waals surface area (Å²) >= 11 is 0. The van der Waals surface area contributed by atoms with Crippen molar-refractivity contribution in [2.45, 2.75) is 65.5 Å². The number of hydrogen-bond acceptors (Lipinski definition) is 2. The fourth-order valence-corrected chi connectivity index (χ4v) is 3.08. The van der Waals surface area contributed by atoms with E-state index in [0.29, 0.717) is 6.04 Å². The van der Waals surface area contributed by atoms with Crippen molar-refractivity contribution in [3.05, 3.63) is 17.0 Å². The quantitative estimate of drug-likeness (QED) is 0.869. The maximum absolute atomic E-state index is 4.68. The van der Waals surface area contributed by atoms with E-state index in [4.69, 9.17) is 0 Å². The van der Waals surface area contributed by atoms with Gasteiger partial charge in [0.25, 0.3) is 0 Å². The van der Waals surface area contributed by atoms with Crippen LogP contribution in [0.1, 0.15) is 62.5 Å². The summed E-state index contributed by atoms with van der Waals surface area (Å²) in [7, 11) is 0. The Morgan fingerprint density at radius 2 is 2.00 bits per heavy atom. The van der Waals surface area contributed by atoms with Crippen LogP contribution in [0.15, 0.2) is 0 Å². The molecule has 0 aliphatic heterocycles. The van der Waals surface area contributed by atoms with Crippen LogP contribution >= 0.6 is 0 Å². The van der Waals surface area contributed by atoms with Crippen molar-refractivity contribution in [3.8, 4) is 0 Å². The van der Waals surface area contributed by atoms with E-state index in [2.05, 4.69) is 49.7 Å². The van der Waals surface area contributed by atoms with Crippen LogP contribution in [0.3, 0.4) is 0 Å². The maximum atomic E-state index is 4.68. The second kappa shape index (κ2) is 4.81. The standard InChI is InChI=1S/C14H25N3/c1-6-15-13-7-12(8-13)14-10(4)16-17(9(2)3)11(14)5/h9,12-13,15H,6-8H2,1-5H3. The first-order valence-corrected chi connectivity index (χ1v) is 6.83. The Labute approximate surface area is 105 Å². The second-order valence-electron chi connectivity index (χ2n) is 5.55. The molecule has 1 saturated carbocycles. The third-order valence-electron chi connectivity index (χ3n) is 3.91. The fraction of sp³-hybridized carbons (Fsp3) is 0.786. The van der Waals surface area contributed by atoms with E-state index in [9.17, 15) is 0 Å². The Hall–Kier alpha value is -0.830. The Morgan fingerprint density at radius 3 is 2.47 bits per heavy atom. The average Bonchev–Trinajstić information content (AvgIpc) is 2.49. The Balaban J connectivity index is 2.12. The summed E-state index contributed by atoms with van der Waals surface area (Å²) in [6.07, 6.45) is 2.55. The molecule has 3 nitrogen and oxygen atoms in total. The van der Waals surface area contributed by atoms with Crippen molar-refractivity contribution >= 4 is 0 Å². The zero-order valence-electron chi connectivity index (χ0n) is 11.7. The molecule has 0 atom stereocenters. The molecule has 96 valence electrons. The highest BCUT2D eigenvalue weighted by molar-refractivity contribution is 5.31.